The maximum absolute atomic E-state index is 12.8. The van der Waals surface area contributed by atoms with E-state index >= 15 is 0 Å². The molecule has 0 atom stereocenters. The van der Waals surface area contributed by atoms with Gasteiger partial charge in [0.1, 0.15) is 5.75 Å². The lowest BCUT2D eigenvalue weighted by molar-refractivity contribution is 0.0724. The molecule has 2 aromatic carbocycles. The fourth-order valence-corrected chi connectivity index (χ4v) is 4.95. The number of piperidine rings is 1. The zero-order valence-corrected chi connectivity index (χ0v) is 18.2. The lowest BCUT2D eigenvalue weighted by Crippen LogP contribution is -2.35. The fraction of sp³-hybridized carbons (Fsp3) is 0.577. The van der Waals surface area contributed by atoms with E-state index in [4.69, 9.17) is 4.74 Å². The number of likely N-dealkylation sites (tertiary alicyclic amines) is 1. The molecule has 0 unspecified atom stereocenters. The Bertz CT molecular complexity index is 853. The Kier molecular flexibility index (Phi) is 5.85. The summed E-state index contributed by atoms with van der Waals surface area (Å²) in [6.45, 7) is 8.84. The van der Waals surface area contributed by atoms with Crippen LogP contribution in [0.15, 0.2) is 36.4 Å². The van der Waals surface area contributed by atoms with Crippen molar-refractivity contribution in [2.45, 2.75) is 71.8 Å². The summed E-state index contributed by atoms with van der Waals surface area (Å²) < 4.78 is 6.32. The average molecular weight is 394 g/mol. The van der Waals surface area contributed by atoms with Gasteiger partial charge in [-0.1, -0.05) is 32.9 Å². The van der Waals surface area contributed by atoms with Gasteiger partial charge in [0.2, 0.25) is 0 Å². The standard InChI is InChI=1S/C26H35NO2/c1-26(2,3)22-10-13-23(14-11-22)29-24-12-9-19-17-21(8-7-20(19)18-24)25(28)27-15-5-4-6-16-27/h7-9,12,17-18,22-23H,4-6,10-11,13-16H2,1-3H3/t22-,23-. The minimum atomic E-state index is 0.169. The molecule has 2 fully saturated rings. The van der Waals surface area contributed by atoms with Gasteiger partial charge in [0.05, 0.1) is 6.10 Å². The van der Waals surface area contributed by atoms with Gasteiger partial charge in [-0.05, 0) is 91.3 Å². The minimum absolute atomic E-state index is 0.169. The number of hydrogen-bond donors (Lipinski definition) is 0. The Morgan fingerprint density at radius 3 is 2.24 bits per heavy atom. The molecular formula is C26H35NO2. The Hall–Kier alpha value is -2.03. The van der Waals surface area contributed by atoms with Gasteiger partial charge in [-0.3, -0.25) is 4.79 Å². The molecule has 2 aromatic rings. The van der Waals surface area contributed by atoms with Crippen molar-refractivity contribution in [3.05, 3.63) is 42.0 Å². The summed E-state index contributed by atoms with van der Waals surface area (Å²) in [6, 6.07) is 12.4. The summed E-state index contributed by atoms with van der Waals surface area (Å²) in [4.78, 5) is 14.8. The van der Waals surface area contributed by atoms with Gasteiger partial charge in [-0.2, -0.15) is 0 Å². The van der Waals surface area contributed by atoms with Crippen molar-refractivity contribution >= 4 is 16.7 Å². The number of ether oxygens (including phenoxy) is 1. The summed E-state index contributed by atoms with van der Waals surface area (Å²) in [7, 11) is 0. The highest BCUT2D eigenvalue weighted by atomic mass is 16.5. The van der Waals surface area contributed by atoms with Crippen molar-refractivity contribution in [1.82, 2.24) is 4.90 Å². The monoisotopic (exact) mass is 393 g/mol. The van der Waals surface area contributed by atoms with Crippen LogP contribution in [0.25, 0.3) is 10.8 Å². The van der Waals surface area contributed by atoms with Crippen LogP contribution in [-0.4, -0.2) is 30.0 Å². The molecule has 1 saturated carbocycles. The zero-order valence-electron chi connectivity index (χ0n) is 18.2. The van der Waals surface area contributed by atoms with Crippen molar-refractivity contribution in [2.75, 3.05) is 13.1 Å². The van der Waals surface area contributed by atoms with Crippen molar-refractivity contribution in [3.8, 4) is 5.75 Å². The highest BCUT2D eigenvalue weighted by Crippen LogP contribution is 2.39. The Morgan fingerprint density at radius 1 is 0.897 bits per heavy atom. The first-order chi connectivity index (χ1) is 13.9. The SMILES string of the molecule is CC(C)(C)[C@H]1CC[C@H](Oc2ccc3cc(C(=O)N4CCCCC4)ccc3c2)CC1. The van der Waals surface area contributed by atoms with Crippen LogP contribution in [0.1, 0.15) is 76.1 Å². The van der Waals surface area contributed by atoms with Crippen molar-refractivity contribution < 1.29 is 9.53 Å². The van der Waals surface area contributed by atoms with Crippen LogP contribution in [0.3, 0.4) is 0 Å². The number of rotatable bonds is 3. The number of nitrogens with zero attached hydrogens (tertiary/aromatic N) is 1. The topological polar surface area (TPSA) is 29.5 Å². The predicted octanol–water partition coefficient (Wildman–Crippen LogP) is 6.45. The molecule has 4 rings (SSSR count). The number of amides is 1. The molecule has 3 heteroatoms. The molecule has 1 aliphatic heterocycles. The third-order valence-electron chi connectivity index (χ3n) is 6.90. The van der Waals surface area contributed by atoms with Gasteiger partial charge >= 0.3 is 0 Å². The molecular weight excluding hydrogens is 358 g/mol. The van der Waals surface area contributed by atoms with Gasteiger partial charge in [-0.15, -0.1) is 0 Å². The van der Waals surface area contributed by atoms with E-state index in [9.17, 15) is 4.79 Å². The van der Waals surface area contributed by atoms with Crippen LogP contribution in [0, 0.1) is 11.3 Å². The summed E-state index contributed by atoms with van der Waals surface area (Å²) >= 11 is 0. The van der Waals surface area contributed by atoms with E-state index in [2.05, 4.69) is 45.0 Å². The van der Waals surface area contributed by atoms with E-state index in [-0.39, 0.29) is 5.91 Å². The third-order valence-corrected chi connectivity index (χ3v) is 6.90. The van der Waals surface area contributed by atoms with E-state index in [0.29, 0.717) is 11.5 Å². The van der Waals surface area contributed by atoms with Gasteiger partial charge in [0.25, 0.3) is 5.91 Å². The molecule has 0 bridgehead atoms. The first-order valence-electron chi connectivity index (χ1n) is 11.4. The molecule has 1 aliphatic carbocycles. The Morgan fingerprint density at radius 2 is 1.55 bits per heavy atom. The van der Waals surface area contributed by atoms with E-state index in [0.717, 1.165) is 66.8 Å². The molecule has 0 spiro atoms. The number of carbonyl (C=O) groups excluding carboxylic acids is 1. The molecule has 1 heterocycles. The number of fused-ring (bicyclic) bond motifs is 1. The highest BCUT2D eigenvalue weighted by molar-refractivity contribution is 5.98. The molecule has 2 aliphatic rings. The number of hydrogen-bond acceptors (Lipinski definition) is 2. The van der Waals surface area contributed by atoms with Crippen LogP contribution in [0.4, 0.5) is 0 Å². The molecule has 1 saturated heterocycles. The number of carbonyl (C=O) groups is 1. The second-order valence-corrected chi connectivity index (χ2v) is 10.0. The largest absolute Gasteiger partial charge is 0.490 e. The van der Waals surface area contributed by atoms with Gasteiger partial charge in [-0.25, -0.2) is 0 Å². The Labute approximate surface area is 175 Å². The lowest BCUT2D eigenvalue weighted by Gasteiger charge is -2.37. The van der Waals surface area contributed by atoms with Crippen molar-refractivity contribution in [1.29, 1.82) is 0 Å². The molecule has 29 heavy (non-hydrogen) atoms. The minimum Gasteiger partial charge on any atom is -0.490 e. The molecule has 3 nitrogen and oxygen atoms in total. The summed E-state index contributed by atoms with van der Waals surface area (Å²) in [6.07, 6.45) is 8.60. The third kappa shape index (κ3) is 4.76. The van der Waals surface area contributed by atoms with Crippen LogP contribution in [0.5, 0.6) is 5.75 Å². The maximum atomic E-state index is 12.8. The smallest absolute Gasteiger partial charge is 0.253 e. The van der Waals surface area contributed by atoms with Gasteiger partial charge in [0.15, 0.2) is 0 Å². The van der Waals surface area contributed by atoms with Crippen LogP contribution >= 0.6 is 0 Å². The second kappa shape index (κ2) is 8.38. The van der Waals surface area contributed by atoms with Crippen molar-refractivity contribution in [2.24, 2.45) is 11.3 Å². The van der Waals surface area contributed by atoms with Crippen LogP contribution in [-0.2, 0) is 0 Å². The summed E-state index contributed by atoms with van der Waals surface area (Å²) in [5, 5.41) is 2.25. The normalized spacial score (nSPS) is 23.2. The average Bonchev–Trinajstić information content (AvgIpc) is 2.73. The molecule has 0 aromatic heterocycles. The van der Waals surface area contributed by atoms with Gasteiger partial charge in [0, 0.05) is 18.7 Å². The zero-order chi connectivity index (χ0) is 20.4. The van der Waals surface area contributed by atoms with Crippen LogP contribution in [0.2, 0.25) is 0 Å². The van der Waals surface area contributed by atoms with E-state index < -0.39 is 0 Å². The second-order valence-electron chi connectivity index (χ2n) is 10.0. The summed E-state index contributed by atoms with van der Waals surface area (Å²) in [5.74, 6) is 1.92. The summed E-state index contributed by atoms with van der Waals surface area (Å²) in [5.41, 5.74) is 1.20. The number of benzene rings is 2. The molecule has 0 N–H and O–H groups in total. The predicted molar refractivity (Wildman–Crippen MR) is 120 cm³/mol. The first-order valence-corrected chi connectivity index (χ1v) is 11.4. The van der Waals surface area contributed by atoms with E-state index in [1.807, 2.05) is 17.0 Å². The lowest BCUT2D eigenvalue weighted by atomic mass is 9.72. The van der Waals surface area contributed by atoms with Crippen LogP contribution < -0.4 is 4.74 Å². The molecule has 156 valence electrons. The van der Waals surface area contributed by atoms with E-state index in [1.165, 1.54) is 19.3 Å². The van der Waals surface area contributed by atoms with E-state index in [1.54, 1.807) is 0 Å². The van der Waals surface area contributed by atoms with Crippen molar-refractivity contribution in [3.63, 3.8) is 0 Å². The molecule has 0 radical (unpaired) electrons. The Balaban J connectivity index is 1.42. The maximum Gasteiger partial charge on any atom is 0.253 e. The van der Waals surface area contributed by atoms with Gasteiger partial charge < -0.3 is 9.64 Å². The highest BCUT2D eigenvalue weighted by Gasteiger charge is 2.30. The molecule has 1 amide bonds. The first kappa shape index (κ1) is 20.3. The quantitative estimate of drug-likeness (QED) is 0.600. The fourth-order valence-electron chi connectivity index (χ4n) is 4.95.